The Morgan fingerprint density at radius 2 is 1.83 bits per heavy atom. The Morgan fingerprint density at radius 3 is 2.46 bits per heavy atom. The second-order valence-corrected chi connectivity index (χ2v) is 10.9. The molecule has 2 heterocycles. The highest BCUT2D eigenvalue weighted by molar-refractivity contribution is 5.98. The first-order chi connectivity index (χ1) is 19.7. The average Bonchev–Trinajstić information content (AvgIpc) is 2.97. The Hall–Kier alpha value is -3.98. The first kappa shape index (κ1) is 30.0. The normalized spacial score (nSPS) is 14.9. The molecule has 1 unspecified atom stereocenters. The Labute approximate surface area is 242 Å². The SMILES string of the molecule is COc1ccc(N(Cc2cnccc2C)C2CCN(C(C)CCNC(=O)c3c(C)ccc([N+](=O)[O-])c3C)CC2)cc1. The van der Waals surface area contributed by atoms with Crippen LogP contribution in [0.3, 0.4) is 0 Å². The Morgan fingerprint density at radius 1 is 1.12 bits per heavy atom. The molecule has 1 aliphatic heterocycles. The first-order valence-corrected chi connectivity index (χ1v) is 14.3. The number of nitro benzene ring substituents is 1. The van der Waals surface area contributed by atoms with Crippen molar-refractivity contribution in [3.8, 4) is 5.75 Å². The van der Waals surface area contributed by atoms with Crippen LogP contribution in [0.2, 0.25) is 0 Å². The lowest BCUT2D eigenvalue weighted by molar-refractivity contribution is -0.385. The molecule has 0 saturated carbocycles. The number of nitro groups is 1. The van der Waals surface area contributed by atoms with E-state index in [-0.39, 0.29) is 11.6 Å². The van der Waals surface area contributed by atoms with Gasteiger partial charge in [-0.25, -0.2) is 0 Å². The molecule has 0 bridgehead atoms. The molecule has 4 rings (SSSR count). The number of carbonyl (C=O) groups is 1. The molecule has 2 aromatic carbocycles. The van der Waals surface area contributed by atoms with Crippen LogP contribution in [-0.4, -0.2) is 59.5 Å². The summed E-state index contributed by atoms with van der Waals surface area (Å²) < 4.78 is 5.38. The molecular weight excluding hydrogens is 518 g/mol. The molecule has 3 aromatic rings. The van der Waals surface area contributed by atoms with Gasteiger partial charge in [-0.2, -0.15) is 0 Å². The maximum atomic E-state index is 12.9. The quantitative estimate of drug-likeness (QED) is 0.241. The maximum Gasteiger partial charge on any atom is 0.273 e. The van der Waals surface area contributed by atoms with E-state index in [1.165, 1.54) is 22.9 Å². The third-order valence-corrected chi connectivity index (χ3v) is 8.37. The highest BCUT2D eigenvalue weighted by Gasteiger charge is 2.28. The van der Waals surface area contributed by atoms with Crippen LogP contribution in [0.15, 0.2) is 54.9 Å². The summed E-state index contributed by atoms with van der Waals surface area (Å²) in [5.41, 5.74) is 5.16. The van der Waals surface area contributed by atoms with Gasteiger partial charge in [-0.15, -0.1) is 0 Å². The molecule has 9 nitrogen and oxygen atoms in total. The summed E-state index contributed by atoms with van der Waals surface area (Å²) in [5.74, 6) is 0.591. The van der Waals surface area contributed by atoms with Crippen molar-refractivity contribution in [1.29, 1.82) is 0 Å². The number of nitrogens with zero attached hydrogens (tertiary/aromatic N) is 4. The summed E-state index contributed by atoms with van der Waals surface area (Å²) >= 11 is 0. The van der Waals surface area contributed by atoms with E-state index in [0.29, 0.717) is 29.8 Å². The number of amides is 1. The standard InChI is InChI=1S/C32H41N5O4/c1-22-12-16-33-20-26(22)21-36(27-7-9-29(41-5)10-8-27)28-14-18-35(19-15-28)24(3)13-17-34-32(38)31-23(2)6-11-30(25(31)4)37(39)40/h6-12,16,20,24,28H,13-15,17-19,21H2,1-5H3,(H,34,38). The van der Waals surface area contributed by atoms with Crippen molar-refractivity contribution < 1.29 is 14.5 Å². The van der Waals surface area contributed by atoms with E-state index in [9.17, 15) is 14.9 Å². The van der Waals surface area contributed by atoms with Crippen LogP contribution in [0, 0.1) is 30.9 Å². The number of likely N-dealkylation sites (tertiary alicyclic amines) is 1. The zero-order chi connectivity index (χ0) is 29.5. The van der Waals surface area contributed by atoms with Gasteiger partial charge in [-0.1, -0.05) is 6.07 Å². The van der Waals surface area contributed by atoms with E-state index in [1.54, 1.807) is 20.1 Å². The number of anilines is 1. The molecule has 41 heavy (non-hydrogen) atoms. The fourth-order valence-electron chi connectivity index (χ4n) is 5.74. The summed E-state index contributed by atoms with van der Waals surface area (Å²) in [6.07, 6.45) is 6.68. The van der Waals surface area contributed by atoms with Crippen molar-refractivity contribution in [3.63, 3.8) is 0 Å². The molecule has 0 aliphatic carbocycles. The summed E-state index contributed by atoms with van der Waals surface area (Å²) in [5, 5.41) is 14.3. The zero-order valence-corrected chi connectivity index (χ0v) is 24.7. The fraction of sp³-hybridized carbons (Fsp3) is 0.438. The van der Waals surface area contributed by atoms with E-state index >= 15 is 0 Å². The van der Waals surface area contributed by atoms with E-state index in [0.717, 1.165) is 50.2 Å². The molecule has 1 atom stereocenters. The van der Waals surface area contributed by atoms with Crippen molar-refractivity contribution >= 4 is 17.3 Å². The monoisotopic (exact) mass is 559 g/mol. The summed E-state index contributed by atoms with van der Waals surface area (Å²) in [7, 11) is 1.68. The highest BCUT2D eigenvalue weighted by atomic mass is 16.6. The van der Waals surface area contributed by atoms with Gasteiger partial charge in [0.2, 0.25) is 0 Å². The minimum absolute atomic E-state index is 0.0284. The van der Waals surface area contributed by atoms with Crippen LogP contribution in [0.4, 0.5) is 11.4 Å². The predicted octanol–water partition coefficient (Wildman–Crippen LogP) is 5.60. The van der Waals surface area contributed by atoms with Crippen LogP contribution in [0.1, 0.15) is 58.8 Å². The van der Waals surface area contributed by atoms with Crippen LogP contribution < -0.4 is 15.0 Å². The van der Waals surface area contributed by atoms with E-state index in [4.69, 9.17) is 4.74 Å². The third-order valence-electron chi connectivity index (χ3n) is 8.37. The van der Waals surface area contributed by atoms with Gasteiger partial charge in [0.25, 0.3) is 11.6 Å². The van der Waals surface area contributed by atoms with Gasteiger partial charge in [0.05, 0.1) is 17.6 Å². The minimum atomic E-state index is -0.440. The van der Waals surface area contributed by atoms with Gasteiger partial charge < -0.3 is 19.9 Å². The topological polar surface area (TPSA) is 101 Å². The fourth-order valence-corrected chi connectivity index (χ4v) is 5.74. The van der Waals surface area contributed by atoms with Crippen molar-refractivity contribution in [2.24, 2.45) is 0 Å². The number of nitrogens with one attached hydrogen (secondary N) is 1. The number of methoxy groups -OCH3 is 1. The number of aryl methyl sites for hydroxylation is 2. The molecule has 1 aromatic heterocycles. The van der Waals surface area contributed by atoms with Gasteiger partial charge in [-0.05, 0) is 94.0 Å². The third kappa shape index (κ3) is 7.21. The van der Waals surface area contributed by atoms with Crippen molar-refractivity contribution in [2.45, 2.75) is 65.6 Å². The molecule has 0 spiro atoms. The maximum absolute atomic E-state index is 12.9. The number of piperidine rings is 1. The second kappa shape index (κ2) is 13.6. The number of hydrogen-bond donors (Lipinski definition) is 1. The lowest BCUT2D eigenvalue weighted by atomic mass is 9.98. The van der Waals surface area contributed by atoms with E-state index in [2.05, 4.69) is 52.1 Å². The molecule has 1 aliphatic rings. The zero-order valence-electron chi connectivity index (χ0n) is 24.7. The van der Waals surface area contributed by atoms with Gasteiger partial charge in [0.15, 0.2) is 0 Å². The van der Waals surface area contributed by atoms with E-state index in [1.807, 2.05) is 31.5 Å². The first-order valence-electron chi connectivity index (χ1n) is 14.3. The largest absolute Gasteiger partial charge is 0.497 e. The number of carbonyl (C=O) groups excluding carboxylic acids is 1. The summed E-state index contributed by atoms with van der Waals surface area (Å²) in [6.45, 7) is 11.0. The lowest BCUT2D eigenvalue weighted by Crippen LogP contribution is -2.48. The van der Waals surface area contributed by atoms with Crippen molar-refractivity contribution in [1.82, 2.24) is 15.2 Å². The molecule has 0 radical (unpaired) electrons. The number of ether oxygens (including phenoxy) is 1. The minimum Gasteiger partial charge on any atom is -0.497 e. The van der Waals surface area contributed by atoms with Gasteiger partial charge in [-0.3, -0.25) is 19.9 Å². The predicted molar refractivity (Wildman–Crippen MR) is 162 cm³/mol. The number of aromatic nitrogens is 1. The number of rotatable bonds is 11. The van der Waals surface area contributed by atoms with Crippen LogP contribution in [-0.2, 0) is 6.54 Å². The molecule has 9 heteroatoms. The molecular formula is C32H41N5O4. The average molecular weight is 560 g/mol. The van der Waals surface area contributed by atoms with Gasteiger partial charge >= 0.3 is 0 Å². The smallest absolute Gasteiger partial charge is 0.273 e. The molecule has 1 saturated heterocycles. The number of pyridine rings is 1. The number of hydrogen-bond acceptors (Lipinski definition) is 7. The van der Waals surface area contributed by atoms with Crippen molar-refractivity contribution in [3.05, 3.63) is 92.8 Å². The molecule has 218 valence electrons. The Balaban J connectivity index is 1.35. The van der Waals surface area contributed by atoms with Gasteiger partial charge in [0, 0.05) is 68.0 Å². The van der Waals surface area contributed by atoms with Crippen LogP contribution in [0.5, 0.6) is 5.75 Å². The molecule has 1 N–H and O–H groups in total. The lowest BCUT2D eigenvalue weighted by Gasteiger charge is -2.42. The summed E-state index contributed by atoms with van der Waals surface area (Å²) in [4.78, 5) is 33.2. The second-order valence-electron chi connectivity index (χ2n) is 10.9. The highest BCUT2D eigenvalue weighted by Crippen LogP contribution is 2.29. The van der Waals surface area contributed by atoms with Crippen molar-refractivity contribution in [2.75, 3.05) is 31.6 Å². The molecule has 1 amide bonds. The van der Waals surface area contributed by atoms with Crippen LogP contribution in [0.25, 0.3) is 0 Å². The van der Waals surface area contributed by atoms with E-state index < -0.39 is 4.92 Å². The van der Waals surface area contributed by atoms with Crippen LogP contribution >= 0.6 is 0 Å². The molecule has 1 fully saturated rings. The Kier molecular flexibility index (Phi) is 9.94. The van der Waals surface area contributed by atoms with Gasteiger partial charge in [0.1, 0.15) is 5.75 Å². The Bertz CT molecular complexity index is 1350. The number of benzene rings is 2. The summed E-state index contributed by atoms with van der Waals surface area (Å²) in [6, 6.07) is 14.1.